The summed E-state index contributed by atoms with van der Waals surface area (Å²) >= 11 is 12.2. The number of amides is 1. The van der Waals surface area contributed by atoms with E-state index in [1.165, 1.54) is 0 Å². The molecule has 1 aromatic carbocycles. The summed E-state index contributed by atoms with van der Waals surface area (Å²) in [6, 6.07) is 5.69. The number of hydrazine groups is 1. The molecule has 23 heavy (non-hydrogen) atoms. The van der Waals surface area contributed by atoms with Crippen LogP contribution in [-0.2, 0) is 4.74 Å². The van der Waals surface area contributed by atoms with Crippen molar-refractivity contribution in [2.24, 2.45) is 0 Å². The molecule has 1 aromatic rings. The second-order valence-corrected chi connectivity index (χ2v) is 6.46. The lowest BCUT2D eigenvalue weighted by Crippen LogP contribution is -2.42. The van der Waals surface area contributed by atoms with E-state index in [-0.39, 0.29) is 6.04 Å². The number of nitrogens with zero attached hydrogens (tertiary/aromatic N) is 2. The van der Waals surface area contributed by atoms with Crippen molar-refractivity contribution in [2.75, 3.05) is 26.4 Å². The first kappa shape index (κ1) is 18.3. The molecule has 1 amide bonds. The number of ether oxygens (including phenoxy) is 1. The van der Waals surface area contributed by atoms with Gasteiger partial charge in [0.2, 0.25) is 0 Å². The molecule has 128 valence electrons. The Morgan fingerprint density at radius 1 is 1.30 bits per heavy atom. The highest BCUT2D eigenvalue weighted by atomic mass is 35.5. The monoisotopic (exact) mass is 359 g/mol. The Bertz CT molecular complexity index is 522. The molecule has 0 saturated carbocycles. The van der Waals surface area contributed by atoms with Gasteiger partial charge in [0, 0.05) is 16.6 Å². The Balaban J connectivity index is 1.98. The summed E-state index contributed by atoms with van der Waals surface area (Å²) in [7, 11) is 0. The Labute approximate surface area is 147 Å². The maximum absolute atomic E-state index is 11.8. The van der Waals surface area contributed by atoms with E-state index in [2.05, 4.69) is 24.2 Å². The van der Waals surface area contributed by atoms with Crippen molar-refractivity contribution in [3.05, 3.63) is 33.8 Å². The van der Waals surface area contributed by atoms with Gasteiger partial charge in [0.1, 0.15) is 0 Å². The highest BCUT2D eigenvalue weighted by molar-refractivity contribution is 6.34. The van der Waals surface area contributed by atoms with Crippen molar-refractivity contribution in [3.63, 3.8) is 0 Å². The molecule has 0 aromatic heterocycles. The predicted octanol–water partition coefficient (Wildman–Crippen LogP) is 4.07. The number of halogens is 2. The van der Waals surface area contributed by atoms with Crippen molar-refractivity contribution < 1.29 is 9.53 Å². The number of likely N-dealkylation sites (N-methyl/N-ethyl adjacent to an activating group) is 1. The number of unbranched alkanes of at least 4 members (excludes halogenated alkanes) is 1. The Hall–Kier alpha value is -1.01. The molecule has 1 unspecified atom stereocenters. The average Bonchev–Trinajstić information content (AvgIpc) is 2.89. The lowest BCUT2D eigenvalue weighted by Gasteiger charge is -2.21. The van der Waals surface area contributed by atoms with Crippen molar-refractivity contribution in [1.29, 1.82) is 0 Å². The average molecular weight is 360 g/mol. The Kier molecular flexibility index (Phi) is 6.96. The minimum Gasteiger partial charge on any atom is -0.449 e. The van der Waals surface area contributed by atoms with Crippen molar-refractivity contribution in [3.8, 4) is 0 Å². The molecule has 0 spiro atoms. The third-order valence-corrected chi connectivity index (χ3v) is 4.28. The second kappa shape index (κ2) is 8.73. The minimum absolute atomic E-state index is 0.132. The SMILES string of the molecule is CCCCOC(=O)NN1CC(c2cc(Cl)cc(Cl)c2)N(CC)C1. The molecule has 0 aliphatic carbocycles. The Morgan fingerprint density at radius 2 is 2.00 bits per heavy atom. The molecule has 1 aliphatic rings. The van der Waals surface area contributed by atoms with Crippen molar-refractivity contribution in [1.82, 2.24) is 15.3 Å². The highest BCUT2D eigenvalue weighted by Gasteiger charge is 2.31. The van der Waals surface area contributed by atoms with Gasteiger partial charge < -0.3 is 4.74 Å². The maximum atomic E-state index is 11.8. The fraction of sp³-hybridized carbons (Fsp3) is 0.562. The molecule has 2 rings (SSSR count). The minimum atomic E-state index is -0.403. The molecule has 1 saturated heterocycles. The first-order valence-corrected chi connectivity index (χ1v) is 8.67. The van der Waals surface area contributed by atoms with Crippen LogP contribution < -0.4 is 5.43 Å². The van der Waals surface area contributed by atoms with Gasteiger partial charge in [-0.2, -0.15) is 0 Å². The molecular formula is C16H23Cl2N3O2. The molecule has 0 bridgehead atoms. The van der Waals surface area contributed by atoms with E-state index in [1.54, 1.807) is 6.07 Å². The second-order valence-electron chi connectivity index (χ2n) is 5.59. The number of hydrogen-bond acceptors (Lipinski definition) is 4. The standard InChI is InChI=1S/C16H23Cl2N3O2/c1-3-5-6-23-16(22)19-21-10-15(20(4-2)11-21)12-7-13(17)9-14(18)8-12/h7-9,15H,3-6,10-11H2,1-2H3,(H,19,22). The number of rotatable bonds is 6. The van der Waals surface area contributed by atoms with Gasteiger partial charge >= 0.3 is 6.09 Å². The lowest BCUT2D eigenvalue weighted by atomic mass is 10.1. The number of carbonyl (C=O) groups excluding carboxylic acids is 1. The van der Waals surface area contributed by atoms with Gasteiger partial charge in [0.25, 0.3) is 0 Å². The topological polar surface area (TPSA) is 44.8 Å². The predicted molar refractivity (Wildman–Crippen MR) is 92.5 cm³/mol. The number of carbonyl (C=O) groups is 1. The van der Waals surface area contributed by atoms with Crippen LogP contribution in [-0.4, -0.2) is 42.4 Å². The van der Waals surface area contributed by atoms with E-state index < -0.39 is 6.09 Å². The summed E-state index contributed by atoms with van der Waals surface area (Å²) in [5.41, 5.74) is 3.84. The zero-order chi connectivity index (χ0) is 16.8. The summed E-state index contributed by atoms with van der Waals surface area (Å²) in [5, 5.41) is 3.10. The van der Waals surface area contributed by atoms with Crippen LogP contribution in [0.15, 0.2) is 18.2 Å². The normalized spacial score (nSPS) is 19.0. The van der Waals surface area contributed by atoms with Crippen molar-refractivity contribution >= 4 is 29.3 Å². The Morgan fingerprint density at radius 3 is 2.61 bits per heavy atom. The fourth-order valence-corrected chi connectivity index (χ4v) is 3.20. The number of benzene rings is 1. The summed E-state index contributed by atoms with van der Waals surface area (Å²) in [4.78, 5) is 14.0. The third-order valence-electron chi connectivity index (χ3n) is 3.84. The molecule has 1 aliphatic heterocycles. The van der Waals surface area contributed by atoms with Gasteiger partial charge in [-0.15, -0.1) is 0 Å². The fourth-order valence-electron chi connectivity index (χ4n) is 2.66. The molecule has 7 heteroatoms. The van der Waals surface area contributed by atoms with Gasteiger partial charge in [0.15, 0.2) is 0 Å². The van der Waals surface area contributed by atoms with Gasteiger partial charge in [-0.1, -0.05) is 43.5 Å². The first-order chi connectivity index (χ1) is 11.0. The van der Waals surface area contributed by atoms with Crippen LogP contribution in [0.5, 0.6) is 0 Å². The first-order valence-electron chi connectivity index (χ1n) is 7.91. The molecular weight excluding hydrogens is 337 g/mol. The zero-order valence-corrected chi connectivity index (χ0v) is 15.0. The number of hydrogen-bond donors (Lipinski definition) is 1. The molecule has 0 radical (unpaired) electrons. The molecule has 5 nitrogen and oxygen atoms in total. The van der Waals surface area contributed by atoms with Crippen LogP contribution in [0.4, 0.5) is 4.79 Å². The van der Waals surface area contributed by atoms with E-state index in [0.717, 1.165) is 24.9 Å². The van der Waals surface area contributed by atoms with E-state index >= 15 is 0 Å². The summed E-state index contributed by atoms with van der Waals surface area (Å²) in [6.07, 6.45) is 1.47. The summed E-state index contributed by atoms with van der Waals surface area (Å²) < 4.78 is 5.14. The van der Waals surface area contributed by atoms with Crippen LogP contribution >= 0.6 is 23.2 Å². The van der Waals surface area contributed by atoms with Gasteiger partial charge in [-0.25, -0.2) is 9.80 Å². The quantitative estimate of drug-likeness (QED) is 0.777. The third kappa shape index (κ3) is 5.24. The zero-order valence-electron chi connectivity index (χ0n) is 13.5. The largest absolute Gasteiger partial charge is 0.449 e. The lowest BCUT2D eigenvalue weighted by molar-refractivity contribution is 0.106. The maximum Gasteiger partial charge on any atom is 0.421 e. The molecule has 1 atom stereocenters. The van der Waals surface area contributed by atoms with E-state index in [0.29, 0.717) is 29.9 Å². The molecule has 1 fully saturated rings. The van der Waals surface area contributed by atoms with Gasteiger partial charge in [-0.3, -0.25) is 10.3 Å². The summed E-state index contributed by atoms with van der Waals surface area (Å²) in [6.45, 7) is 6.74. The van der Waals surface area contributed by atoms with Crippen LogP contribution in [0.3, 0.4) is 0 Å². The number of nitrogens with one attached hydrogen (secondary N) is 1. The molecule has 1 heterocycles. The van der Waals surface area contributed by atoms with Crippen LogP contribution in [0.2, 0.25) is 10.0 Å². The van der Waals surface area contributed by atoms with E-state index in [4.69, 9.17) is 27.9 Å². The van der Waals surface area contributed by atoms with E-state index in [1.807, 2.05) is 17.1 Å². The van der Waals surface area contributed by atoms with Crippen LogP contribution in [0.1, 0.15) is 38.3 Å². The highest BCUT2D eigenvalue weighted by Crippen LogP contribution is 2.30. The van der Waals surface area contributed by atoms with Crippen molar-refractivity contribution in [2.45, 2.75) is 32.7 Å². The summed E-state index contributed by atoms with van der Waals surface area (Å²) in [5.74, 6) is 0. The molecule has 1 N–H and O–H groups in total. The van der Waals surface area contributed by atoms with Crippen LogP contribution in [0, 0.1) is 0 Å². The van der Waals surface area contributed by atoms with E-state index in [9.17, 15) is 4.79 Å². The smallest absolute Gasteiger partial charge is 0.421 e. The van der Waals surface area contributed by atoms with Gasteiger partial charge in [-0.05, 0) is 36.7 Å². The van der Waals surface area contributed by atoms with Gasteiger partial charge in [0.05, 0.1) is 19.3 Å². The van der Waals surface area contributed by atoms with Crippen LogP contribution in [0.25, 0.3) is 0 Å².